The maximum Gasteiger partial charge on any atom is 0.221 e. The van der Waals surface area contributed by atoms with Gasteiger partial charge < -0.3 is 10.3 Å². The molecule has 0 unspecified atom stereocenters. The second kappa shape index (κ2) is 4.00. The lowest BCUT2D eigenvalue weighted by Crippen LogP contribution is -2.13. The van der Waals surface area contributed by atoms with Crippen molar-refractivity contribution >= 4 is 5.91 Å². The van der Waals surface area contributed by atoms with Crippen LogP contribution in [0.3, 0.4) is 0 Å². The van der Waals surface area contributed by atoms with E-state index in [0.29, 0.717) is 6.42 Å². The lowest BCUT2D eigenvalue weighted by atomic mass is 10.2. The molecule has 0 fully saturated rings. The molecule has 0 aliphatic heterocycles. The van der Waals surface area contributed by atoms with Gasteiger partial charge in [0.25, 0.3) is 0 Å². The highest BCUT2D eigenvalue weighted by molar-refractivity contribution is 5.76. The third-order valence-corrected chi connectivity index (χ3v) is 2.19. The first kappa shape index (κ1) is 9.52. The fourth-order valence-electron chi connectivity index (χ4n) is 1.51. The summed E-state index contributed by atoms with van der Waals surface area (Å²) in [5.41, 5.74) is 7.14. The summed E-state index contributed by atoms with van der Waals surface area (Å²) in [6, 6.07) is 11.8. The van der Waals surface area contributed by atoms with E-state index in [4.69, 9.17) is 5.73 Å². The van der Waals surface area contributed by atoms with Gasteiger partial charge in [0.1, 0.15) is 0 Å². The molecule has 3 heteroatoms. The first-order valence-corrected chi connectivity index (χ1v) is 4.76. The highest BCUT2D eigenvalue weighted by Gasteiger charge is 2.01. The first-order valence-electron chi connectivity index (χ1n) is 4.76. The zero-order chi connectivity index (χ0) is 10.7. The van der Waals surface area contributed by atoms with Crippen molar-refractivity contribution in [3.05, 3.63) is 54.4 Å². The minimum Gasteiger partial charge on any atom is -0.369 e. The quantitative estimate of drug-likeness (QED) is 0.802. The minimum atomic E-state index is -0.305. The summed E-state index contributed by atoms with van der Waals surface area (Å²) in [6.45, 7) is 0. The SMILES string of the molecule is NC(=O)Cc1ccn(-c2ccccc2)c1. The maximum absolute atomic E-state index is 10.7. The lowest BCUT2D eigenvalue weighted by molar-refractivity contribution is -0.117. The fraction of sp³-hybridized carbons (Fsp3) is 0.0833. The highest BCUT2D eigenvalue weighted by Crippen LogP contribution is 2.10. The Bertz CT molecular complexity index is 459. The largest absolute Gasteiger partial charge is 0.369 e. The average molecular weight is 200 g/mol. The number of hydrogen-bond acceptors (Lipinski definition) is 1. The van der Waals surface area contributed by atoms with Gasteiger partial charge in [0.2, 0.25) is 5.91 Å². The van der Waals surface area contributed by atoms with Crippen molar-refractivity contribution in [3.63, 3.8) is 0 Å². The van der Waals surface area contributed by atoms with Crippen molar-refractivity contribution < 1.29 is 4.79 Å². The van der Waals surface area contributed by atoms with Gasteiger partial charge in [0.15, 0.2) is 0 Å². The molecule has 0 atom stereocenters. The Morgan fingerprint density at radius 3 is 2.60 bits per heavy atom. The van der Waals surface area contributed by atoms with Crippen LogP contribution in [0.1, 0.15) is 5.56 Å². The van der Waals surface area contributed by atoms with E-state index in [1.54, 1.807) is 0 Å². The second-order valence-electron chi connectivity index (χ2n) is 3.41. The van der Waals surface area contributed by atoms with Crippen LogP contribution in [0.25, 0.3) is 5.69 Å². The first-order chi connectivity index (χ1) is 7.25. The number of carbonyl (C=O) groups excluding carboxylic acids is 1. The maximum atomic E-state index is 10.7. The molecule has 0 saturated heterocycles. The normalized spacial score (nSPS) is 10.1. The van der Waals surface area contributed by atoms with Crippen molar-refractivity contribution in [3.8, 4) is 5.69 Å². The molecule has 2 N–H and O–H groups in total. The van der Waals surface area contributed by atoms with Crippen LogP contribution in [-0.2, 0) is 11.2 Å². The number of aromatic nitrogens is 1. The molecule has 0 spiro atoms. The van der Waals surface area contributed by atoms with Gasteiger partial charge in [0.05, 0.1) is 6.42 Å². The van der Waals surface area contributed by atoms with E-state index in [1.165, 1.54) is 0 Å². The summed E-state index contributed by atoms with van der Waals surface area (Å²) >= 11 is 0. The number of rotatable bonds is 3. The van der Waals surface area contributed by atoms with Crippen molar-refractivity contribution in [2.24, 2.45) is 5.73 Å². The van der Waals surface area contributed by atoms with Gasteiger partial charge in [-0.3, -0.25) is 4.79 Å². The average Bonchev–Trinajstić information content (AvgIpc) is 2.67. The summed E-state index contributed by atoms with van der Waals surface area (Å²) in [4.78, 5) is 10.7. The zero-order valence-corrected chi connectivity index (χ0v) is 8.26. The van der Waals surface area contributed by atoms with Crippen LogP contribution in [0, 0.1) is 0 Å². The second-order valence-corrected chi connectivity index (χ2v) is 3.41. The van der Waals surface area contributed by atoms with Crippen LogP contribution < -0.4 is 5.73 Å². The van der Waals surface area contributed by atoms with Crippen LogP contribution in [0.4, 0.5) is 0 Å². The topological polar surface area (TPSA) is 48.0 Å². The monoisotopic (exact) mass is 200 g/mol. The van der Waals surface area contributed by atoms with Gasteiger partial charge in [-0.15, -0.1) is 0 Å². The Morgan fingerprint density at radius 2 is 1.93 bits per heavy atom. The highest BCUT2D eigenvalue weighted by atomic mass is 16.1. The molecule has 1 aromatic heterocycles. The third kappa shape index (κ3) is 2.26. The summed E-state index contributed by atoms with van der Waals surface area (Å²) in [6.07, 6.45) is 4.13. The molecule has 1 aromatic carbocycles. The van der Waals surface area contributed by atoms with E-state index in [0.717, 1.165) is 11.3 Å². The molecule has 0 aliphatic rings. The summed E-state index contributed by atoms with van der Waals surface area (Å²) in [7, 11) is 0. The van der Waals surface area contributed by atoms with Crippen LogP contribution in [0.5, 0.6) is 0 Å². The van der Waals surface area contributed by atoms with Gasteiger partial charge in [-0.05, 0) is 23.8 Å². The predicted molar refractivity (Wildman–Crippen MR) is 58.7 cm³/mol. The Labute approximate surface area is 88.1 Å². The number of benzene rings is 1. The van der Waals surface area contributed by atoms with Crippen LogP contribution in [-0.4, -0.2) is 10.5 Å². The molecule has 1 amide bonds. The molecule has 0 aliphatic carbocycles. The van der Waals surface area contributed by atoms with Crippen molar-refractivity contribution in [1.82, 2.24) is 4.57 Å². The van der Waals surface area contributed by atoms with E-state index in [9.17, 15) is 4.79 Å². The smallest absolute Gasteiger partial charge is 0.221 e. The van der Waals surface area contributed by atoms with E-state index < -0.39 is 0 Å². The molecule has 0 saturated carbocycles. The third-order valence-electron chi connectivity index (χ3n) is 2.19. The van der Waals surface area contributed by atoms with E-state index in [2.05, 4.69) is 0 Å². The molecule has 15 heavy (non-hydrogen) atoms. The standard InChI is InChI=1S/C12H12N2O/c13-12(15)8-10-6-7-14(9-10)11-4-2-1-3-5-11/h1-7,9H,8H2,(H2,13,15). The number of nitrogens with two attached hydrogens (primary N) is 1. The van der Waals surface area contributed by atoms with Crippen molar-refractivity contribution in [2.45, 2.75) is 6.42 Å². The van der Waals surface area contributed by atoms with Crippen LogP contribution in [0.15, 0.2) is 48.8 Å². The fourth-order valence-corrected chi connectivity index (χ4v) is 1.51. The van der Waals surface area contributed by atoms with E-state index in [-0.39, 0.29) is 5.91 Å². The van der Waals surface area contributed by atoms with Crippen molar-refractivity contribution in [2.75, 3.05) is 0 Å². The molecular weight excluding hydrogens is 188 g/mol. The van der Waals surface area contributed by atoms with Crippen LogP contribution in [0.2, 0.25) is 0 Å². The number of hydrogen-bond donors (Lipinski definition) is 1. The van der Waals surface area contributed by atoms with E-state index >= 15 is 0 Å². The molecule has 76 valence electrons. The Kier molecular flexibility index (Phi) is 2.54. The Morgan fingerprint density at radius 1 is 1.20 bits per heavy atom. The van der Waals surface area contributed by atoms with Crippen LogP contribution >= 0.6 is 0 Å². The molecule has 1 heterocycles. The number of para-hydroxylation sites is 1. The molecule has 2 rings (SSSR count). The molecule has 2 aromatic rings. The van der Waals surface area contributed by atoms with Gasteiger partial charge >= 0.3 is 0 Å². The lowest BCUT2D eigenvalue weighted by Gasteiger charge is -2.00. The number of primary amides is 1. The van der Waals surface area contributed by atoms with Gasteiger partial charge in [-0.1, -0.05) is 18.2 Å². The minimum absolute atomic E-state index is 0.292. The Hall–Kier alpha value is -2.03. The van der Waals surface area contributed by atoms with Gasteiger partial charge in [-0.25, -0.2) is 0 Å². The number of carbonyl (C=O) groups is 1. The Balaban J connectivity index is 2.24. The zero-order valence-electron chi connectivity index (χ0n) is 8.26. The summed E-state index contributed by atoms with van der Waals surface area (Å²) in [5.74, 6) is -0.305. The number of nitrogens with zero attached hydrogens (tertiary/aromatic N) is 1. The molecular formula is C12H12N2O. The van der Waals surface area contributed by atoms with Gasteiger partial charge in [0, 0.05) is 18.1 Å². The summed E-state index contributed by atoms with van der Waals surface area (Å²) < 4.78 is 1.97. The van der Waals surface area contributed by atoms with Crippen molar-refractivity contribution in [1.29, 1.82) is 0 Å². The van der Waals surface area contributed by atoms with E-state index in [1.807, 2.05) is 53.4 Å². The molecule has 0 radical (unpaired) electrons. The van der Waals surface area contributed by atoms with Gasteiger partial charge in [-0.2, -0.15) is 0 Å². The predicted octanol–water partition coefficient (Wildman–Crippen LogP) is 1.51. The molecule has 0 bridgehead atoms. The number of amides is 1. The molecule has 3 nitrogen and oxygen atoms in total. The summed E-state index contributed by atoms with van der Waals surface area (Å²) in [5, 5.41) is 0.